The first-order chi connectivity index (χ1) is 11.6. The molecule has 0 N–H and O–H groups in total. The monoisotopic (exact) mass is 337 g/mol. The van der Waals surface area contributed by atoms with Crippen molar-refractivity contribution in [3.05, 3.63) is 0 Å². The maximum absolute atomic E-state index is 10.4. The van der Waals surface area contributed by atoms with Crippen molar-refractivity contribution in [3.8, 4) is 0 Å². The van der Waals surface area contributed by atoms with Gasteiger partial charge in [0.15, 0.2) is 0 Å². The van der Waals surface area contributed by atoms with Gasteiger partial charge >= 0.3 is 0 Å². The third kappa shape index (κ3) is 8.03. The number of hydrogen-bond donors (Lipinski definition) is 0. The molecule has 1 fully saturated rings. The molecule has 142 valence electrons. The van der Waals surface area contributed by atoms with Gasteiger partial charge < -0.3 is 9.90 Å². The Kier molecular flexibility index (Phi) is 11.5. The third-order valence-electron chi connectivity index (χ3n) is 6.54. The molecule has 0 spiro atoms. The van der Waals surface area contributed by atoms with E-state index >= 15 is 0 Å². The Balaban J connectivity index is 2.06. The summed E-state index contributed by atoms with van der Waals surface area (Å²) in [5.74, 6) is 2.87. The van der Waals surface area contributed by atoms with Crippen LogP contribution in [0.15, 0.2) is 0 Å². The van der Waals surface area contributed by atoms with Crippen LogP contribution in [0.25, 0.3) is 0 Å². The van der Waals surface area contributed by atoms with E-state index < -0.39 is 5.97 Å². The van der Waals surface area contributed by atoms with Crippen LogP contribution in [0, 0.1) is 23.7 Å². The van der Waals surface area contributed by atoms with Gasteiger partial charge in [-0.05, 0) is 49.4 Å². The molecule has 24 heavy (non-hydrogen) atoms. The van der Waals surface area contributed by atoms with Crippen molar-refractivity contribution in [2.24, 2.45) is 23.7 Å². The van der Waals surface area contributed by atoms with Crippen molar-refractivity contribution in [1.82, 2.24) is 0 Å². The zero-order valence-electron chi connectivity index (χ0n) is 16.5. The Morgan fingerprint density at radius 3 is 1.58 bits per heavy atom. The van der Waals surface area contributed by atoms with Gasteiger partial charge in [-0.3, -0.25) is 0 Å². The fourth-order valence-corrected chi connectivity index (χ4v) is 4.71. The molecular formula is C22H41O2-. The molecule has 0 aromatic heterocycles. The molecule has 2 nitrogen and oxygen atoms in total. The largest absolute Gasteiger partial charge is 0.550 e. The molecule has 0 heterocycles. The Bertz CT molecular complexity index is 326. The van der Waals surface area contributed by atoms with Gasteiger partial charge in [-0.25, -0.2) is 0 Å². The number of rotatable bonds is 15. The van der Waals surface area contributed by atoms with E-state index in [1.54, 1.807) is 0 Å². The van der Waals surface area contributed by atoms with Gasteiger partial charge in [0.05, 0.1) is 0 Å². The van der Waals surface area contributed by atoms with E-state index in [1.165, 1.54) is 70.6 Å². The number of carboxylic acid groups (broad SMARTS) is 1. The lowest BCUT2D eigenvalue weighted by Crippen LogP contribution is -2.43. The normalized spacial score (nSPS) is 26.3. The third-order valence-corrected chi connectivity index (χ3v) is 6.54. The van der Waals surface area contributed by atoms with E-state index in [4.69, 9.17) is 0 Å². The summed E-state index contributed by atoms with van der Waals surface area (Å²) in [6.45, 7) is 7.20. The lowest BCUT2D eigenvalue weighted by Gasteiger charge is -2.50. The lowest BCUT2D eigenvalue weighted by atomic mass is 9.55. The van der Waals surface area contributed by atoms with Crippen molar-refractivity contribution in [1.29, 1.82) is 0 Å². The highest BCUT2D eigenvalue weighted by Gasteiger charge is 2.43. The molecule has 0 radical (unpaired) electrons. The summed E-state index contributed by atoms with van der Waals surface area (Å²) in [5.41, 5.74) is 0. The molecule has 4 unspecified atom stereocenters. The molecule has 1 rings (SSSR count). The molecule has 0 aromatic rings. The van der Waals surface area contributed by atoms with E-state index in [9.17, 15) is 9.90 Å². The molecular weight excluding hydrogens is 296 g/mol. The molecule has 0 amide bonds. The minimum absolute atomic E-state index is 0.234. The van der Waals surface area contributed by atoms with E-state index in [2.05, 4.69) is 20.8 Å². The van der Waals surface area contributed by atoms with Crippen molar-refractivity contribution >= 4 is 5.97 Å². The lowest BCUT2D eigenvalue weighted by molar-refractivity contribution is -0.305. The molecule has 1 aliphatic carbocycles. The SMILES string of the molecule is CCCCCCCCC1C(C)C(C)C1CCCCCCCC(=O)[O-]. The van der Waals surface area contributed by atoms with Crippen LogP contribution in [-0.2, 0) is 4.79 Å². The summed E-state index contributed by atoms with van der Waals surface area (Å²) in [5, 5.41) is 10.4. The Morgan fingerprint density at radius 1 is 0.708 bits per heavy atom. The number of carbonyl (C=O) groups excluding carboxylic acids is 1. The fraction of sp³-hybridized carbons (Fsp3) is 0.955. The van der Waals surface area contributed by atoms with Gasteiger partial charge in [0, 0.05) is 5.97 Å². The van der Waals surface area contributed by atoms with Crippen molar-refractivity contribution in [3.63, 3.8) is 0 Å². The summed E-state index contributed by atoms with van der Waals surface area (Å²) in [4.78, 5) is 10.4. The van der Waals surface area contributed by atoms with Crippen LogP contribution in [0.4, 0.5) is 0 Å². The van der Waals surface area contributed by atoms with Crippen LogP contribution in [0.5, 0.6) is 0 Å². The van der Waals surface area contributed by atoms with Gasteiger partial charge in [-0.1, -0.05) is 85.0 Å². The molecule has 0 bridgehead atoms. The molecule has 1 aliphatic rings. The second kappa shape index (κ2) is 12.8. The molecule has 2 heteroatoms. The minimum Gasteiger partial charge on any atom is -0.550 e. The van der Waals surface area contributed by atoms with E-state index in [0.29, 0.717) is 0 Å². The minimum atomic E-state index is -0.898. The van der Waals surface area contributed by atoms with Crippen LogP contribution >= 0.6 is 0 Å². The highest BCUT2D eigenvalue weighted by molar-refractivity contribution is 5.63. The highest BCUT2D eigenvalue weighted by atomic mass is 16.4. The topological polar surface area (TPSA) is 40.1 Å². The van der Waals surface area contributed by atoms with Gasteiger partial charge in [-0.2, -0.15) is 0 Å². The Labute approximate surface area is 150 Å². The number of carboxylic acids is 1. The van der Waals surface area contributed by atoms with Crippen LogP contribution in [-0.4, -0.2) is 5.97 Å². The molecule has 0 aliphatic heterocycles. The van der Waals surface area contributed by atoms with E-state index in [1.807, 2.05) is 0 Å². The molecule has 0 aromatic carbocycles. The Morgan fingerprint density at radius 2 is 1.12 bits per heavy atom. The predicted molar refractivity (Wildman–Crippen MR) is 101 cm³/mol. The standard InChI is InChI=1S/C22H42O2/c1-4-5-6-7-9-12-15-20-18(2)19(3)21(20)16-13-10-8-11-14-17-22(23)24/h18-21H,4-17H2,1-3H3,(H,23,24)/p-1. The summed E-state index contributed by atoms with van der Waals surface area (Å²) >= 11 is 0. The average Bonchev–Trinajstić information content (AvgIpc) is 2.57. The quantitative estimate of drug-likeness (QED) is 0.358. The zero-order valence-corrected chi connectivity index (χ0v) is 16.5. The number of carbonyl (C=O) groups is 1. The van der Waals surface area contributed by atoms with Crippen LogP contribution < -0.4 is 5.11 Å². The van der Waals surface area contributed by atoms with Gasteiger partial charge in [-0.15, -0.1) is 0 Å². The first-order valence-electron chi connectivity index (χ1n) is 10.8. The van der Waals surface area contributed by atoms with E-state index in [-0.39, 0.29) is 6.42 Å². The zero-order chi connectivity index (χ0) is 17.8. The first-order valence-corrected chi connectivity index (χ1v) is 10.8. The molecule has 1 saturated carbocycles. The van der Waals surface area contributed by atoms with Crippen molar-refractivity contribution < 1.29 is 9.90 Å². The summed E-state index contributed by atoms with van der Waals surface area (Å²) < 4.78 is 0. The Hall–Kier alpha value is -0.530. The maximum atomic E-state index is 10.4. The van der Waals surface area contributed by atoms with Crippen molar-refractivity contribution in [2.75, 3.05) is 0 Å². The van der Waals surface area contributed by atoms with E-state index in [0.717, 1.165) is 36.5 Å². The molecule has 0 saturated heterocycles. The van der Waals surface area contributed by atoms with Crippen LogP contribution in [0.2, 0.25) is 0 Å². The highest BCUT2D eigenvalue weighted by Crippen LogP contribution is 2.50. The van der Waals surface area contributed by atoms with Crippen LogP contribution in [0.3, 0.4) is 0 Å². The first kappa shape index (κ1) is 21.5. The average molecular weight is 338 g/mol. The predicted octanol–water partition coefficient (Wildman–Crippen LogP) is 5.74. The van der Waals surface area contributed by atoms with Gasteiger partial charge in [0.25, 0.3) is 0 Å². The number of hydrogen-bond acceptors (Lipinski definition) is 2. The second-order valence-corrected chi connectivity index (χ2v) is 8.28. The summed E-state index contributed by atoms with van der Waals surface area (Å²) in [7, 11) is 0. The number of unbranched alkanes of at least 4 members (excludes halogenated alkanes) is 9. The van der Waals surface area contributed by atoms with Gasteiger partial charge in [0.2, 0.25) is 0 Å². The second-order valence-electron chi connectivity index (χ2n) is 8.28. The maximum Gasteiger partial charge on any atom is 0.0414 e. The van der Waals surface area contributed by atoms with Gasteiger partial charge in [0.1, 0.15) is 0 Å². The fourth-order valence-electron chi connectivity index (χ4n) is 4.71. The molecule has 4 atom stereocenters. The van der Waals surface area contributed by atoms with Crippen molar-refractivity contribution in [2.45, 2.75) is 111 Å². The smallest absolute Gasteiger partial charge is 0.0414 e. The van der Waals surface area contributed by atoms with Crippen LogP contribution in [0.1, 0.15) is 111 Å². The summed E-state index contributed by atoms with van der Waals surface area (Å²) in [6.07, 6.45) is 17.2. The number of aliphatic carboxylic acids is 1. The summed E-state index contributed by atoms with van der Waals surface area (Å²) in [6, 6.07) is 0.